The lowest BCUT2D eigenvalue weighted by Crippen LogP contribution is -2.38. The average molecular weight is 270 g/mol. The number of rotatable bonds is 2. The van der Waals surface area contributed by atoms with Crippen molar-refractivity contribution in [2.24, 2.45) is 0 Å². The second-order valence-corrected chi connectivity index (χ2v) is 5.52. The first-order chi connectivity index (χ1) is 8.56. The SMILES string of the molecule is Cc1ccc(F)c(C(=O)NC2CCC(Cl)CC2)c1. The van der Waals surface area contributed by atoms with E-state index in [4.69, 9.17) is 11.6 Å². The van der Waals surface area contributed by atoms with E-state index >= 15 is 0 Å². The van der Waals surface area contributed by atoms with Crippen LogP contribution in [0.1, 0.15) is 41.6 Å². The van der Waals surface area contributed by atoms with Crippen LogP contribution in [0.5, 0.6) is 0 Å². The van der Waals surface area contributed by atoms with Crippen molar-refractivity contribution in [2.45, 2.75) is 44.0 Å². The van der Waals surface area contributed by atoms with E-state index < -0.39 is 5.82 Å². The molecule has 1 amide bonds. The van der Waals surface area contributed by atoms with E-state index in [2.05, 4.69) is 5.32 Å². The van der Waals surface area contributed by atoms with Crippen molar-refractivity contribution in [3.63, 3.8) is 0 Å². The van der Waals surface area contributed by atoms with Gasteiger partial charge in [0.15, 0.2) is 0 Å². The molecule has 0 aliphatic heterocycles. The van der Waals surface area contributed by atoms with Gasteiger partial charge in [-0.15, -0.1) is 11.6 Å². The molecule has 18 heavy (non-hydrogen) atoms. The molecule has 0 aromatic heterocycles. The van der Waals surface area contributed by atoms with Gasteiger partial charge in [-0.25, -0.2) is 4.39 Å². The molecule has 1 aliphatic rings. The molecule has 2 rings (SSSR count). The summed E-state index contributed by atoms with van der Waals surface area (Å²) < 4.78 is 13.6. The summed E-state index contributed by atoms with van der Waals surface area (Å²) in [4.78, 5) is 12.0. The average Bonchev–Trinajstić information content (AvgIpc) is 2.35. The minimum atomic E-state index is -0.468. The Morgan fingerprint density at radius 3 is 2.67 bits per heavy atom. The Bertz CT molecular complexity index is 441. The molecule has 2 nitrogen and oxygen atoms in total. The van der Waals surface area contributed by atoms with Crippen LogP contribution in [0, 0.1) is 12.7 Å². The molecular weight excluding hydrogens is 253 g/mol. The minimum absolute atomic E-state index is 0.118. The minimum Gasteiger partial charge on any atom is -0.349 e. The number of nitrogens with one attached hydrogen (secondary N) is 1. The number of alkyl halides is 1. The summed E-state index contributed by atoms with van der Waals surface area (Å²) in [7, 11) is 0. The summed E-state index contributed by atoms with van der Waals surface area (Å²) in [5.74, 6) is -0.793. The molecule has 98 valence electrons. The molecule has 4 heteroatoms. The first-order valence-electron chi connectivity index (χ1n) is 6.27. The molecule has 0 heterocycles. The third kappa shape index (κ3) is 3.22. The molecule has 1 aromatic carbocycles. The van der Waals surface area contributed by atoms with E-state index in [-0.39, 0.29) is 22.9 Å². The Morgan fingerprint density at radius 1 is 1.33 bits per heavy atom. The lowest BCUT2D eigenvalue weighted by atomic mass is 9.94. The molecule has 1 fully saturated rings. The van der Waals surface area contributed by atoms with E-state index in [1.54, 1.807) is 12.1 Å². The second kappa shape index (κ2) is 5.70. The smallest absolute Gasteiger partial charge is 0.254 e. The van der Waals surface area contributed by atoms with Crippen LogP contribution in [0.2, 0.25) is 0 Å². The number of hydrogen-bond donors (Lipinski definition) is 1. The lowest BCUT2D eigenvalue weighted by molar-refractivity contribution is 0.0924. The first kappa shape index (κ1) is 13.3. The van der Waals surface area contributed by atoms with E-state index in [1.165, 1.54) is 6.07 Å². The highest BCUT2D eigenvalue weighted by molar-refractivity contribution is 6.20. The fourth-order valence-corrected chi connectivity index (χ4v) is 2.53. The lowest BCUT2D eigenvalue weighted by Gasteiger charge is -2.25. The van der Waals surface area contributed by atoms with Gasteiger partial charge in [-0.2, -0.15) is 0 Å². The van der Waals surface area contributed by atoms with E-state index in [1.807, 2.05) is 6.92 Å². The van der Waals surface area contributed by atoms with Crippen LogP contribution in [0.3, 0.4) is 0 Å². The van der Waals surface area contributed by atoms with Crippen LogP contribution < -0.4 is 5.32 Å². The fourth-order valence-electron chi connectivity index (χ4n) is 2.27. The number of halogens is 2. The fraction of sp³-hybridized carbons (Fsp3) is 0.500. The van der Waals surface area contributed by atoms with Crippen molar-refractivity contribution >= 4 is 17.5 Å². The maximum atomic E-state index is 13.6. The second-order valence-electron chi connectivity index (χ2n) is 4.91. The molecule has 0 spiro atoms. The Hall–Kier alpha value is -1.09. The van der Waals surface area contributed by atoms with Gasteiger partial charge in [-0.05, 0) is 44.7 Å². The number of benzene rings is 1. The first-order valence-corrected chi connectivity index (χ1v) is 6.71. The van der Waals surface area contributed by atoms with Crippen LogP contribution >= 0.6 is 11.6 Å². The maximum Gasteiger partial charge on any atom is 0.254 e. The van der Waals surface area contributed by atoms with Gasteiger partial charge in [0.1, 0.15) is 5.82 Å². The van der Waals surface area contributed by atoms with Gasteiger partial charge in [-0.3, -0.25) is 4.79 Å². The van der Waals surface area contributed by atoms with Crippen molar-refractivity contribution in [3.8, 4) is 0 Å². The zero-order valence-corrected chi connectivity index (χ0v) is 11.1. The predicted octanol–water partition coefficient (Wildman–Crippen LogP) is 3.41. The Labute approximate surface area is 112 Å². The summed E-state index contributed by atoms with van der Waals surface area (Å²) >= 11 is 6.01. The highest BCUT2D eigenvalue weighted by Gasteiger charge is 2.22. The maximum absolute atomic E-state index is 13.6. The van der Waals surface area contributed by atoms with Gasteiger partial charge in [0.2, 0.25) is 0 Å². The predicted molar refractivity (Wildman–Crippen MR) is 70.5 cm³/mol. The van der Waals surface area contributed by atoms with Crippen LogP contribution in [-0.4, -0.2) is 17.3 Å². The van der Waals surface area contributed by atoms with Gasteiger partial charge in [0, 0.05) is 11.4 Å². The van der Waals surface area contributed by atoms with E-state index in [9.17, 15) is 9.18 Å². The van der Waals surface area contributed by atoms with Crippen molar-refractivity contribution in [1.29, 1.82) is 0 Å². The van der Waals surface area contributed by atoms with Gasteiger partial charge in [0.25, 0.3) is 5.91 Å². The van der Waals surface area contributed by atoms with Crippen molar-refractivity contribution in [2.75, 3.05) is 0 Å². The molecule has 0 atom stereocenters. The van der Waals surface area contributed by atoms with Crippen LogP contribution in [0.4, 0.5) is 4.39 Å². The quantitative estimate of drug-likeness (QED) is 0.819. The molecule has 1 aromatic rings. The number of carbonyl (C=O) groups excluding carboxylic acids is 1. The monoisotopic (exact) mass is 269 g/mol. The summed E-state index contributed by atoms with van der Waals surface area (Å²) in [5, 5.41) is 3.10. The normalized spacial score (nSPS) is 23.7. The topological polar surface area (TPSA) is 29.1 Å². The zero-order chi connectivity index (χ0) is 13.1. The summed E-state index contributed by atoms with van der Waals surface area (Å²) in [5.41, 5.74) is 1.01. The molecule has 1 saturated carbocycles. The van der Waals surface area contributed by atoms with Gasteiger partial charge >= 0.3 is 0 Å². The van der Waals surface area contributed by atoms with Gasteiger partial charge in [-0.1, -0.05) is 11.6 Å². The Balaban J connectivity index is 2.01. The van der Waals surface area contributed by atoms with E-state index in [0.29, 0.717) is 0 Å². The molecule has 0 bridgehead atoms. The van der Waals surface area contributed by atoms with Crippen LogP contribution in [-0.2, 0) is 0 Å². The standard InChI is InChI=1S/C14H17ClFNO/c1-9-2-7-13(16)12(8-9)14(18)17-11-5-3-10(15)4-6-11/h2,7-8,10-11H,3-6H2,1H3,(H,17,18). The molecule has 0 unspecified atom stereocenters. The number of hydrogen-bond acceptors (Lipinski definition) is 1. The van der Waals surface area contributed by atoms with Gasteiger partial charge < -0.3 is 5.32 Å². The highest BCUT2D eigenvalue weighted by Crippen LogP contribution is 2.23. The molecule has 0 saturated heterocycles. The number of amides is 1. The Kier molecular flexibility index (Phi) is 4.23. The molecule has 0 radical (unpaired) electrons. The number of carbonyl (C=O) groups is 1. The van der Waals surface area contributed by atoms with Crippen LogP contribution in [0.15, 0.2) is 18.2 Å². The third-order valence-electron chi connectivity index (χ3n) is 3.36. The zero-order valence-electron chi connectivity index (χ0n) is 10.4. The van der Waals surface area contributed by atoms with E-state index in [0.717, 1.165) is 31.2 Å². The number of aryl methyl sites for hydroxylation is 1. The largest absolute Gasteiger partial charge is 0.349 e. The van der Waals surface area contributed by atoms with Crippen molar-refractivity contribution in [3.05, 3.63) is 35.1 Å². The molecular formula is C14H17ClFNO. The third-order valence-corrected chi connectivity index (χ3v) is 3.79. The van der Waals surface area contributed by atoms with Gasteiger partial charge in [0.05, 0.1) is 5.56 Å². The highest BCUT2D eigenvalue weighted by atomic mass is 35.5. The Morgan fingerprint density at radius 2 is 2.00 bits per heavy atom. The summed E-state index contributed by atoms with van der Waals surface area (Å²) in [6.45, 7) is 1.84. The van der Waals surface area contributed by atoms with Crippen molar-refractivity contribution < 1.29 is 9.18 Å². The molecule has 1 N–H and O–H groups in total. The van der Waals surface area contributed by atoms with Crippen molar-refractivity contribution in [1.82, 2.24) is 5.32 Å². The molecule has 1 aliphatic carbocycles. The van der Waals surface area contributed by atoms with Crippen LogP contribution in [0.25, 0.3) is 0 Å². The summed E-state index contributed by atoms with van der Waals surface area (Å²) in [6, 6.07) is 4.69. The summed E-state index contributed by atoms with van der Waals surface area (Å²) in [6.07, 6.45) is 3.55.